The van der Waals surface area contributed by atoms with Gasteiger partial charge in [-0.1, -0.05) is 60.2 Å². The molecule has 3 aromatic rings. The first-order chi connectivity index (χ1) is 17.9. The molecular formula is C30H26F3NO3. The van der Waals surface area contributed by atoms with Crippen LogP contribution in [0.4, 0.5) is 18.9 Å². The molecule has 0 radical (unpaired) electrons. The molecule has 1 amide bonds. The smallest absolute Gasteiger partial charge is 0.416 e. The molecule has 0 fully saturated rings. The van der Waals surface area contributed by atoms with E-state index in [0.717, 1.165) is 36.7 Å². The van der Waals surface area contributed by atoms with E-state index in [1.165, 1.54) is 22.6 Å². The summed E-state index contributed by atoms with van der Waals surface area (Å²) in [5, 5.41) is 0. The van der Waals surface area contributed by atoms with E-state index < -0.39 is 17.3 Å². The van der Waals surface area contributed by atoms with Gasteiger partial charge in [0, 0.05) is 5.56 Å². The molecule has 6 rings (SSSR count). The molecular weight excluding hydrogens is 479 g/mol. The molecule has 0 saturated carbocycles. The van der Waals surface area contributed by atoms with Gasteiger partial charge in [0.15, 0.2) is 5.60 Å². The van der Waals surface area contributed by atoms with E-state index in [0.29, 0.717) is 17.7 Å². The van der Waals surface area contributed by atoms with Crippen LogP contribution >= 0.6 is 0 Å². The molecule has 2 unspecified atom stereocenters. The van der Waals surface area contributed by atoms with Crippen molar-refractivity contribution in [3.8, 4) is 5.75 Å². The number of rotatable bonds is 5. The molecule has 4 nitrogen and oxygen atoms in total. The number of alkyl halides is 3. The summed E-state index contributed by atoms with van der Waals surface area (Å²) in [5.74, 6) is 0.388. The summed E-state index contributed by atoms with van der Waals surface area (Å²) in [4.78, 5) is 15.8. The molecule has 3 aliphatic rings. The third-order valence-corrected chi connectivity index (χ3v) is 7.53. The molecule has 2 heterocycles. The van der Waals surface area contributed by atoms with Crippen molar-refractivity contribution in [3.63, 3.8) is 0 Å². The molecule has 1 spiro atoms. The van der Waals surface area contributed by atoms with Gasteiger partial charge in [-0.2, -0.15) is 13.2 Å². The Morgan fingerprint density at radius 3 is 2.49 bits per heavy atom. The second kappa shape index (κ2) is 9.06. The minimum atomic E-state index is -4.51. The third-order valence-electron chi connectivity index (χ3n) is 7.53. The molecule has 0 bridgehead atoms. The maximum atomic E-state index is 14.3. The van der Waals surface area contributed by atoms with Crippen LogP contribution < -0.4 is 9.64 Å². The number of carbonyl (C=O) groups excluding carboxylic acids is 1. The molecule has 2 aliphatic heterocycles. The lowest BCUT2D eigenvalue weighted by Gasteiger charge is -2.39. The molecule has 0 N–H and O–H groups in total. The van der Waals surface area contributed by atoms with E-state index in [-0.39, 0.29) is 30.7 Å². The topological polar surface area (TPSA) is 38.8 Å². The van der Waals surface area contributed by atoms with Gasteiger partial charge in [0.2, 0.25) is 0 Å². The summed E-state index contributed by atoms with van der Waals surface area (Å²) >= 11 is 0. The minimum absolute atomic E-state index is 0.0515. The maximum absolute atomic E-state index is 14.3. The van der Waals surface area contributed by atoms with Gasteiger partial charge in [-0.15, -0.1) is 0 Å². The minimum Gasteiger partial charge on any atom is -0.491 e. The first-order valence-electron chi connectivity index (χ1n) is 12.5. The summed E-state index contributed by atoms with van der Waals surface area (Å²) in [5.41, 5.74) is 1.44. The largest absolute Gasteiger partial charge is 0.491 e. The van der Waals surface area contributed by atoms with E-state index >= 15 is 0 Å². The average Bonchev–Trinajstić information content (AvgIpc) is 3.47. The Hall–Kier alpha value is -3.58. The highest BCUT2D eigenvalue weighted by atomic mass is 19.4. The van der Waals surface area contributed by atoms with Gasteiger partial charge < -0.3 is 14.4 Å². The van der Waals surface area contributed by atoms with Crippen molar-refractivity contribution >= 4 is 11.6 Å². The Bertz CT molecular complexity index is 1370. The summed E-state index contributed by atoms with van der Waals surface area (Å²) in [6.07, 6.45) is -1.66. The third kappa shape index (κ3) is 4.02. The van der Waals surface area contributed by atoms with Gasteiger partial charge in [-0.3, -0.25) is 4.79 Å². The molecule has 7 heteroatoms. The molecule has 1 aliphatic carbocycles. The number of fused-ring (bicyclic) bond motifs is 3. The van der Waals surface area contributed by atoms with Gasteiger partial charge in [0.25, 0.3) is 5.91 Å². The number of para-hydroxylation sites is 2. The van der Waals surface area contributed by atoms with Crippen LogP contribution in [0.5, 0.6) is 5.75 Å². The molecule has 2 atom stereocenters. The molecule has 37 heavy (non-hydrogen) atoms. The number of carbonyl (C=O) groups is 1. The maximum Gasteiger partial charge on any atom is 0.416 e. The fraction of sp³-hybridized carbons (Fsp3) is 0.300. The quantitative estimate of drug-likeness (QED) is 0.358. The second-order valence-corrected chi connectivity index (χ2v) is 9.75. The van der Waals surface area contributed by atoms with Crippen LogP contribution in [0.15, 0.2) is 90.0 Å². The summed E-state index contributed by atoms with van der Waals surface area (Å²) in [7, 11) is 0. The monoisotopic (exact) mass is 505 g/mol. The second-order valence-electron chi connectivity index (χ2n) is 9.75. The van der Waals surface area contributed by atoms with Gasteiger partial charge in [-0.25, -0.2) is 0 Å². The van der Waals surface area contributed by atoms with Crippen LogP contribution in [0, 0.1) is 0 Å². The lowest BCUT2D eigenvalue weighted by atomic mass is 9.81. The standard InChI is InChI=1S/C30H26F3NO3/c31-30(32,33)25-13-5-4-9-21(25)18-34-27-16-7-6-14-26(27)29(28(34)35)24-15-8-10-20(24)17-23(37-29)19-36-22-11-2-1-3-12-22/h1-7,9,11-14,16,23H,8,10,15,17-19H2. The average molecular weight is 506 g/mol. The molecule has 3 aromatic carbocycles. The zero-order chi connectivity index (χ0) is 25.6. The number of hydrogen-bond acceptors (Lipinski definition) is 3. The summed E-state index contributed by atoms with van der Waals surface area (Å²) in [6.45, 7) is 0.0827. The number of hydrogen-bond donors (Lipinski definition) is 0. The normalized spacial score (nSPS) is 22.9. The Morgan fingerprint density at radius 1 is 0.946 bits per heavy atom. The lowest BCUT2D eigenvalue weighted by molar-refractivity contribution is -0.151. The predicted octanol–water partition coefficient (Wildman–Crippen LogP) is 6.80. The van der Waals surface area contributed by atoms with Crippen LogP contribution in [0.2, 0.25) is 0 Å². The highest BCUT2D eigenvalue weighted by Crippen LogP contribution is 2.55. The highest BCUT2D eigenvalue weighted by Gasteiger charge is 2.58. The van der Waals surface area contributed by atoms with Crippen LogP contribution in [0.3, 0.4) is 0 Å². The first kappa shape index (κ1) is 23.8. The molecule has 190 valence electrons. The van der Waals surface area contributed by atoms with Crippen LogP contribution in [-0.2, 0) is 27.9 Å². The van der Waals surface area contributed by atoms with E-state index in [9.17, 15) is 18.0 Å². The van der Waals surface area contributed by atoms with Gasteiger partial charge in [0.05, 0.1) is 23.9 Å². The Labute approximate surface area is 213 Å². The fourth-order valence-corrected chi connectivity index (χ4v) is 5.98. The van der Waals surface area contributed by atoms with Gasteiger partial charge >= 0.3 is 6.18 Å². The number of amides is 1. The van der Waals surface area contributed by atoms with Crippen LogP contribution in [-0.4, -0.2) is 18.6 Å². The summed E-state index contributed by atoms with van der Waals surface area (Å²) in [6, 6.07) is 22.2. The Balaban J connectivity index is 1.38. The number of ether oxygens (including phenoxy) is 2. The van der Waals surface area contributed by atoms with E-state index in [1.54, 1.807) is 18.2 Å². The van der Waals surface area contributed by atoms with E-state index in [2.05, 4.69) is 0 Å². The van der Waals surface area contributed by atoms with E-state index in [1.807, 2.05) is 42.5 Å². The zero-order valence-corrected chi connectivity index (χ0v) is 20.1. The van der Waals surface area contributed by atoms with Crippen molar-refractivity contribution in [3.05, 3.63) is 107 Å². The van der Waals surface area contributed by atoms with Crippen molar-refractivity contribution in [2.24, 2.45) is 0 Å². The zero-order valence-electron chi connectivity index (χ0n) is 20.1. The SMILES string of the molecule is O=C1N(Cc2ccccc2C(F)(F)F)c2ccccc2C12OC(COc1ccccc1)CC1=C2CCC1. The lowest BCUT2D eigenvalue weighted by Crippen LogP contribution is -2.49. The first-order valence-corrected chi connectivity index (χ1v) is 12.5. The van der Waals surface area contributed by atoms with Crippen molar-refractivity contribution in [1.29, 1.82) is 0 Å². The summed E-state index contributed by atoms with van der Waals surface area (Å²) < 4.78 is 54.0. The van der Waals surface area contributed by atoms with Crippen molar-refractivity contribution in [1.82, 2.24) is 0 Å². The molecule has 0 aromatic heterocycles. The highest BCUT2D eigenvalue weighted by molar-refractivity contribution is 6.09. The number of nitrogens with zero attached hydrogens (tertiary/aromatic N) is 1. The van der Waals surface area contributed by atoms with Crippen LogP contribution in [0.1, 0.15) is 42.4 Å². The van der Waals surface area contributed by atoms with Crippen molar-refractivity contribution in [2.45, 2.75) is 50.1 Å². The number of anilines is 1. The Morgan fingerprint density at radius 2 is 1.68 bits per heavy atom. The Kier molecular flexibility index (Phi) is 5.83. The molecule has 0 saturated heterocycles. The van der Waals surface area contributed by atoms with E-state index in [4.69, 9.17) is 9.47 Å². The predicted molar refractivity (Wildman–Crippen MR) is 133 cm³/mol. The van der Waals surface area contributed by atoms with Crippen molar-refractivity contribution < 1.29 is 27.4 Å². The fourth-order valence-electron chi connectivity index (χ4n) is 5.98. The number of halogens is 3. The number of benzene rings is 3. The van der Waals surface area contributed by atoms with Crippen LogP contribution in [0.25, 0.3) is 0 Å². The van der Waals surface area contributed by atoms with Gasteiger partial charge in [0.1, 0.15) is 12.4 Å². The van der Waals surface area contributed by atoms with Gasteiger partial charge in [-0.05, 0) is 61.1 Å². The van der Waals surface area contributed by atoms with Crippen molar-refractivity contribution in [2.75, 3.05) is 11.5 Å².